The minimum Gasteiger partial charge on any atom is -0.481 e. The molecule has 0 aliphatic heterocycles. The predicted octanol–water partition coefficient (Wildman–Crippen LogP) is 7.37. The lowest BCUT2D eigenvalue weighted by molar-refractivity contribution is -0.138. The Kier molecular flexibility index (Phi) is 9.24. The van der Waals surface area contributed by atoms with Crippen molar-refractivity contribution >= 4 is 29.2 Å². The molecule has 1 amide bonds. The number of carbonyl (C=O) groups is 2. The molecule has 3 aromatic carbocycles. The van der Waals surface area contributed by atoms with Crippen molar-refractivity contribution in [3.8, 4) is 22.3 Å². The highest BCUT2D eigenvalue weighted by Gasteiger charge is 2.31. The molecule has 4 aromatic rings. The molecule has 6 nitrogen and oxygen atoms in total. The van der Waals surface area contributed by atoms with E-state index in [4.69, 9.17) is 16.7 Å². The molecule has 0 spiro atoms. The molecular formula is C30H24ClF4N3O3. The number of carboxylic acid groups (broad SMARTS) is 1. The Morgan fingerprint density at radius 3 is 2.27 bits per heavy atom. The van der Waals surface area contributed by atoms with E-state index in [1.807, 2.05) is 12.1 Å². The Hall–Kier alpha value is -4.44. The first-order valence-electron chi connectivity index (χ1n) is 12.4. The van der Waals surface area contributed by atoms with E-state index in [1.54, 1.807) is 30.3 Å². The molecule has 0 atom stereocenters. The number of aliphatic carboxylic acids is 1. The maximum Gasteiger partial charge on any atom is 0.416 e. The summed E-state index contributed by atoms with van der Waals surface area (Å²) in [5, 5.41) is 14.7. The first-order valence-corrected chi connectivity index (χ1v) is 12.8. The van der Waals surface area contributed by atoms with Crippen molar-refractivity contribution in [2.75, 3.05) is 11.9 Å². The fraction of sp³-hybridized carbons (Fsp3) is 0.167. The normalized spacial score (nSPS) is 11.2. The van der Waals surface area contributed by atoms with E-state index in [-0.39, 0.29) is 30.8 Å². The molecule has 4 rings (SSSR count). The zero-order chi connectivity index (χ0) is 29.6. The number of pyridine rings is 1. The Labute approximate surface area is 238 Å². The van der Waals surface area contributed by atoms with E-state index in [2.05, 4.69) is 15.6 Å². The summed E-state index contributed by atoms with van der Waals surface area (Å²) >= 11 is 6.32. The van der Waals surface area contributed by atoms with Gasteiger partial charge in [0.15, 0.2) is 0 Å². The average Bonchev–Trinajstić information content (AvgIpc) is 2.96. The molecule has 0 radical (unpaired) electrons. The van der Waals surface area contributed by atoms with Crippen molar-refractivity contribution in [1.82, 2.24) is 10.3 Å². The van der Waals surface area contributed by atoms with Crippen LogP contribution in [-0.4, -0.2) is 28.5 Å². The SMILES string of the molecule is O=C(O)CCNC(=O)c1ccc(-c2cc(C(F)(F)F)ccc2CNc2ccc(-c3cccc(CF)c3Cl)cc2)cn1. The molecule has 0 saturated heterocycles. The van der Waals surface area contributed by atoms with Crippen LogP contribution in [0.3, 0.4) is 0 Å². The van der Waals surface area contributed by atoms with Gasteiger partial charge in [0.1, 0.15) is 12.4 Å². The summed E-state index contributed by atoms with van der Waals surface area (Å²) in [6, 6.07) is 18.6. The van der Waals surface area contributed by atoms with Crippen molar-refractivity contribution < 1.29 is 32.3 Å². The van der Waals surface area contributed by atoms with Crippen LogP contribution in [0, 0.1) is 0 Å². The first kappa shape index (κ1) is 29.5. The van der Waals surface area contributed by atoms with Crippen molar-refractivity contribution in [2.24, 2.45) is 0 Å². The van der Waals surface area contributed by atoms with Gasteiger partial charge in [-0.25, -0.2) is 4.39 Å². The van der Waals surface area contributed by atoms with Crippen LogP contribution in [0.4, 0.5) is 23.2 Å². The molecule has 1 aromatic heterocycles. The minimum atomic E-state index is -4.56. The fourth-order valence-electron chi connectivity index (χ4n) is 4.11. The van der Waals surface area contributed by atoms with Gasteiger partial charge in [0.2, 0.25) is 0 Å². The van der Waals surface area contributed by atoms with Gasteiger partial charge >= 0.3 is 12.1 Å². The molecule has 1 heterocycles. The number of carbonyl (C=O) groups excluding carboxylic acids is 1. The van der Waals surface area contributed by atoms with Gasteiger partial charge in [0.25, 0.3) is 5.91 Å². The number of amides is 1. The van der Waals surface area contributed by atoms with Crippen molar-refractivity contribution in [3.63, 3.8) is 0 Å². The van der Waals surface area contributed by atoms with Crippen LogP contribution >= 0.6 is 11.6 Å². The summed E-state index contributed by atoms with van der Waals surface area (Å²) in [4.78, 5) is 26.9. The van der Waals surface area contributed by atoms with Gasteiger partial charge in [-0.2, -0.15) is 13.2 Å². The number of hydrogen-bond acceptors (Lipinski definition) is 4. The molecule has 11 heteroatoms. The summed E-state index contributed by atoms with van der Waals surface area (Å²) < 4.78 is 53.7. The van der Waals surface area contributed by atoms with E-state index in [9.17, 15) is 27.2 Å². The van der Waals surface area contributed by atoms with Gasteiger partial charge in [0, 0.05) is 41.7 Å². The molecule has 41 heavy (non-hydrogen) atoms. The number of carboxylic acids is 1. The lowest BCUT2D eigenvalue weighted by Crippen LogP contribution is -2.26. The smallest absolute Gasteiger partial charge is 0.416 e. The zero-order valence-electron chi connectivity index (χ0n) is 21.4. The highest BCUT2D eigenvalue weighted by Crippen LogP contribution is 2.35. The molecule has 0 unspecified atom stereocenters. The van der Waals surface area contributed by atoms with Gasteiger partial charge < -0.3 is 15.7 Å². The van der Waals surface area contributed by atoms with Gasteiger partial charge in [-0.05, 0) is 47.0 Å². The van der Waals surface area contributed by atoms with Crippen LogP contribution in [0.1, 0.15) is 33.6 Å². The second kappa shape index (κ2) is 12.8. The number of alkyl halides is 4. The predicted molar refractivity (Wildman–Crippen MR) is 148 cm³/mol. The van der Waals surface area contributed by atoms with E-state index < -0.39 is 30.3 Å². The van der Waals surface area contributed by atoms with Gasteiger partial charge in [0.05, 0.1) is 17.0 Å². The zero-order valence-corrected chi connectivity index (χ0v) is 22.2. The number of halogens is 5. The van der Waals surface area contributed by atoms with Crippen LogP contribution in [0.15, 0.2) is 79.0 Å². The quantitative estimate of drug-likeness (QED) is 0.169. The van der Waals surface area contributed by atoms with Gasteiger partial charge in [-0.1, -0.05) is 54.1 Å². The Morgan fingerprint density at radius 1 is 0.902 bits per heavy atom. The van der Waals surface area contributed by atoms with Crippen LogP contribution in [0.2, 0.25) is 5.02 Å². The third kappa shape index (κ3) is 7.40. The lowest BCUT2D eigenvalue weighted by atomic mass is 9.97. The topological polar surface area (TPSA) is 91.3 Å². The molecule has 0 saturated carbocycles. The van der Waals surface area contributed by atoms with Crippen molar-refractivity contribution in [1.29, 1.82) is 0 Å². The second-order valence-corrected chi connectivity index (χ2v) is 9.42. The third-order valence-electron chi connectivity index (χ3n) is 6.27. The molecule has 212 valence electrons. The van der Waals surface area contributed by atoms with E-state index >= 15 is 0 Å². The molecule has 3 N–H and O–H groups in total. The number of aromatic nitrogens is 1. The molecule has 0 bridgehead atoms. The van der Waals surface area contributed by atoms with Gasteiger partial charge in [-0.15, -0.1) is 0 Å². The number of hydrogen-bond donors (Lipinski definition) is 3. The summed E-state index contributed by atoms with van der Waals surface area (Å²) in [7, 11) is 0. The molecular weight excluding hydrogens is 562 g/mol. The second-order valence-electron chi connectivity index (χ2n) is 9.04. The first-order chi connectivity index (χ1) is 19.6. The monoisotopic (exact) mass is 585 g/mol. The highest BCUT2D eigenvalue weighted by molar-refractivity contribution is 6.34. The van der Waals surface area contributed by atoms with E-state index in [0.29, 0.717) is 33.0 Å². The van der Waals surface area contributed by atoms with Crippen LogP contribution in [0.5, 0.6) is 0 Å². The molecule has 0 fully saturated rings. The maximum atomic E-state index is 13.5. The van der Waals surface area contributed by atoms with E-state index in [0.717, 1.165) is 17.7 Å². The Balaban J connectivity index is 1.54. The highest BCUT2D eigenvalue weighted by atomic mass is 35.5. The third-order valence-corrected chi connectivity index (χ3v) is 6.72. The summed E-state index contributed by atoms with van der Waals surface area (Å²) in [6.45, 7) is -0.582. The van der Waals surface area contributed by atoms with Crippen LogP contribution in [-0.2, 0) is 24.2 Å². The largest absolute Gasteiger partial charge is 0.481 e. The van der Waals surface area contributed by atoms with Crippen molar-refractivity contribution in [2.45, 2.75) is 25.8 Å². The number of rotatable bonds is 10. The number of anilines is 1. The van der Waals surface area contributed by atoms with Crippen LogP contribution < -0.4 is 10.6 Å². The van der Waals surface area contributed by atoms with Gasteiger partial charge in [-0.3, -0.25) is 14.6 Å². The van der Waals surface area contributed by atoms with E-state index in [1.165, 1.54) is 24.4 Å². The summed E-state index contributed by atoms with van der Waals surface area (Å²) in [5.74, 6) is -1.66. The Bertz CT molecular complexity index is 1540. The maximum absolute atomic E-state index is 13.5. The summed E-state index contributed by atoms with van der Waals surface area (Å²) in [6.07, 6.45) is -3.52. The molecule has 0 aliphatic carbocycles. The number of nitrogens with zero attached hydrogens (tertiary/aromatic N) is 1. The average molecular weight is 586 g/mol. The number of nitrogens with one attached hydrogen (secondary N) is 2. The summed E-state index contributed by atoms with van der Waals surface area (Å²) in [5.41, 5.74) is 2.94. The molecule has 0 aliphatic rings. The minimum absolute atomic E-state index is 0.00281. The van der Waals surface area contributed by atoms with Crippen molar-refractivity contribution in [3.05, 3.63) is 106 Å². The standard InChI is InChI=1S/C30H24ClF4N3O3/c31-28-19(15-32)2-1-3-24(28)18-5-9-23(10-6-18)37-16-20-4-8-22(30(33,34)35)14-25(20)21-7-11-26(38-17-21)29(41)36-13-12-27(39)40/h1-11,14,17,37H,12-13,15-16H2,(H,36,41)(H,39,40). The fourth-order valence-corrected chi connectivity index (χ4v) is 4.39. The number of benzene rings is 3. The Morgan fingerprint density at radius 2 is 1.63 bits per heavy atom. The van der Waals surface area contributed by atoms with Crippen LogP contribution in [0.25, 0.3) is 22.3 Å². The lowest BCUT2D eigenvalue weighted by Gasteiger charge is -2.16.